The SMILES string of the molecule is CCC1(CC)CC(NC(C(=O)OC)C2CC2)CCO1. The molecule has 110 valence electrons. The maximum absolute atomic E-state index is 11.9. The van der Waals surface area contributed by atoms with Gasteiger partial charge >= 0.3 is 5.97 Å². The summed E-state index contributed by atoms with van der Waals surface area (Å²) in [6.45, 7) is 5.16. The maximum Gasteiger partial charge on any atom is 0.323 e. The Morgan fingerprint density at radius 3 is 2.58 bits per heavy atom. The average molecular weight is 269 g/mol. The first kappa shape index (κ1) is 14.8. The molecule has 1 saturated carbocycles. The summed E-state index contributed by atoms with van der Waals surface area (Å²) in [5, 5.41) is 3.54. The molecule has 1 aliphatic heterocycles. The smallest absolute Gasteiger partial charge is 0.323 e. The Morgan fingerprint density at radius 1 is 1.37 bits per heavy atom. The first-order valence-electron chi connectivity index (χ1n) is 7.62. The molecule has 0 aromatic heterocycles. The zero-order valence-electron chi connectivity index (χ0n) is 12.4. The number of rotatable bonds is 6. The predicted molar refractivity (Wildman–Crippen MR) is 74.0 cm³/mol. The van der Waals surface area contributed by atoms with Crippen LogP contribution in [0.3, 0.4) is 0 Å². The summed E-state index contributed by atoms with van der Waals surface area (Å²) in [5.74, 6) is 0.375. The summed E-state index contributed by atoms with van der Waals surface area (Å²) in [4.78, 5) is 11.9. The van der Waals surface area contributed by atoms with Gasteiger partial charge in [0.15, 0.2) is 0 Å². The van der Waals surface area contributed by atoms with Crippen LogP contribution in [0.4, 0.5) is 0 Å². The van der Waals surface area contributed by atoms with Crippen molar-refractivity contribution in [2.24, 2.45) is 5.92 Å². The Kier molecular flexibility index (Phi) is 4.85. The van der Waals surface area contributed by atoms with Crippen LogP contribution in [0.25, 0.3) is 0 Å². The lowest BCUT2D eigenvalue weighted by atomic mass is 9.85. The minimum Gasteiger partial charge on any atom is -0.468 e. The molecule has 2 fully saturated rings. The second kappa shape index (κ2) is 6.23. The molecule has 1 N–H and O–H groups in total. The summed E-state index contributed by atoms with van der Waals surface area (Å²) >= 11 is 0. The molecule has 0 spiro atoms. The van der Waals surface area contributed by atoms with Crippen LogP contribution in [0.15, 0.2) is 0 Å². The van der Waals surface area contributed by atoms with E-state index >= 15 is 0 Å². The molecule has 1 saturated heterocycles. The normalized spacial score (nSPS) is 27.8. The first-order chi connectivity index (χ1) is 9.14. The van der Waals surface area contributed by atoms with Gasteiger partial charge in [-0.3, -0.25) is 4.79 Å². The van der Waals surface area contributed by atoms with E-state index in [-0.39, 0.29) is 17.6 Å². The van der Waals surface area contributed by atoms with Gasteiger partial charge in [-0.2, -0.15) is 0 Å². The Balaban J connectivity index is 1.95. The van der Waals surface area contributed by atoms with Crippen LogP contribution in [0, 0.1) is 5.92 Å². The Hall–Kier alpha value is -0.610. The number of carbonyl (C=O) groups is 1. The van der Waals surface area contributed by atoms with Crippen LogP contribution in [0.1, 0.15) is 52.4 Å². The van der Waals surface area contributed by atoms with E-state index in [0.29, 0.717) is 12.0 Å². The van der Waals surface area contributed by atoms with Gasteiger partial charge < -0.3 is 14.8 Å². The van der Waals surface area contributed by atoms with Gasteiger partial charge in [0.25, 0.3) is 0 Å². The molecular weight excluding hydrogens is 242 g/mol. The lowest BCUT2D eigenvalue weighted by Gasteiger charge is -2.41. The molecule has 0 amide bonds. The number of esters is 1. The second-order valence-electron chi connectivity index (χ2n) is 5.93. The van der Waals surface area contributed by atoms with E-state index < -0.39 is 0 Å². The molecule has 4 nitrogen and oxygen atoms in total. The zero-order valence-corrected chi connectivity index (χ0v) is 12.4. The number of hydrogen-bond acceptors (Lipinski definition) is 4. The van der Waals surface area contributed by atoms with Crippen LogP contribution in [0.2, 0.25) is 0 Å². The fourth-order valence-electron chi connectivity index (χ4n) is 3.12. The molecule has 0 bridgehead atoms. The van der Waals surface area contributed by atoms with Gasteiger partial charge in [0.2, 0.25) is 0 Å². The zero-order chi connectivity index (χ0) is 13.9. The van der Waals surface area contributed by atoms with Crippen molar-refractivity contribution in [3.05, 3.63) is 0 Å². The lowest BCUT2D eigenvalue weighted by molar-refractivity contribution is -0.145. The molecule has 1 heterocycles. The minimum atomic E-state index is -0.112. The van der Waals surface area contributed by atoms with Gasteiger partial charge in [0.1, 0.15) is 6.04 Å². The van der Waals surface area contributed by atoms with E-state index in [4.69, 9.17) is 9.47 Å². The van der Waals surface area contributed by atoms with Crippen molar-refractivity contribution in [3.8, 4) is 0 Å². The van der Waals surface area contributed by atoms with E-state index in [1.54, 1.807) is 0 Å². The van der Waals surface area contributed by atoms with Crippen LogP contribution >= 0.6 is 0 Å². The molecule has 2 unspecified atom stereocenters. The quantitative estimate of drug-likeness (QED) is 0.751. The Bertz CT molecular complexity index is 311. The van der Waals surface area contributed by atoms with E-state index in [2.05, 4.69) is 19.2 Å². The molecule has 2 atom stereocenters. The van der Waals surface area contributed by atoms with Crippen molar-refractivity contribution in [2.45, 2.75) is 70.1 Å². The van der Waals surface area contributed by atoms with Crippen molar-refractivity contribution >= 4 is 5.97 Å². The molecule has 2 rings (SSSR count). The number of hydrogen-bond donors (Lipinski definition) is 1. The van der Waals surface area contributed by atoms with Gasteiger partial charge in [0.05, 0.1) is 12.7 Å². The fourth-order valence-corrected chi connectivity index (χ4v) is 3.12. The van der Waals surface area contributed by atoms with E-state index in [0.717, 1.165) is 45.1 Å². The largest absolute Gasteiger partial charge is 0.468 e. The maximum atomic E-state index is 11.9. The summed E-state index contributed by atoms with van der Waals surface area (Å²) in [5.41, 5.74) is 0.000136. The summed E-state index contributed by atoms with van der Waals surface area (Å²) < 4.78 is 10.9. The lowest BCUT2D eigenvalue weighted by Crippen LogP contribution is -2.52. The van der Waals surface area contributed by atoms with E-state index in [1.807, 2.05) is 0 Å². The minimum absolute atomic E-state index is 0.000136. The molecule has 19 heavy (non-hydrogen) atoms. The topological polar surface area (TPSA) is 47.6 Å². The Labute approximate surface area is 116 Å². The number of nitrogens with one attached hydrogen (secondary N) is 1. The van der Waals surface area contributed by atoms with Gasteiger partial charge in [0, 0.05) is 12.6 Å². The summed E-state index contributed by atoms with van der Waals surface area (Å²) in [7, 11) is 1.48. The molecule has 2 aliphatic rings. The number of carbonyl (C=O) groups excluding carboxylic acids is 1. The highest BCUT2D eigenvalue weighted by Crippen LogP contribution is 2.36. The van der Waals surface area contributed by atoms with Crippen LogP contribution in [-0.4, -0.2) is 37.4 Å². The fraction of sp³-hybridized carbons (Fsp3) is 0.933. The number of ether oxygens (including phenoxy) is 2. The third-order valence-electron chi connectivity index (χ3n) is 4.75. The molecule has 1 aliphatic carbocycles. The number of methoxy groups -OCH3 is 1. The van der Waals surface area contributed by atoms with Crippen LogP contribution < -0.4 is 5.32 Å². The highest BCUT2D eigenvalue weighted by atomic mass is 16.5. The monoisotopic (exact) mass is 269 g/mol. The molecule has 0 aromatic carbocycles. The highest BCUT2D eigenvalue weighted by molar-refractivity contribution is 5.76. The van der Waals surface area contributed by atoms with Crippen molar-refractivity contribution in [3.63, 3.8) is 0 Å². The van der Waals surface area contributed by atoms with Gasteiger partial charge in [-0.25, -0.2) is 0 Å². The van der Waals surface area contributed by atoms with E-state index in [9.17, 15) is 4.79 Å². The molecular formula is C15H27NO3. The second-order valence-corrected chi connectivity index (χ2v) is 5.93. The average Bonchev–Trinajstić information content (AvgIpc) is 3.28. The molecule has 0 radical (unpaired) electrons. The van der Waals surface area contributed by atoms with Crippen LogP contribution in [0.5, 0.6) is 0 Å². The van der Waals surface area contributed by atoms with Gasteiger partial charge in [-0.1, -0.05) is 13.8 Å². The third-order valence-corrected chi connectivity index (χ3v) is 4.75. The third kappa shape index (κ3) is 3.48. The summed E-state index contributed by atoms with van der Waals surface area (Å²) in [6.07, 6.45) is 6.34. The van der Waals surface area contributed by atoms with Crippen molar-refractivity contribution in [1.29, 1.82) is 0 Å². The standard InChI is InChI=1S/C15H27NO3/c1-4-15(5-2)10-12(8-9-19-15)16-13(11-6-7-11)14(17)18-3/h11-13,16H,4-10H2,1-3H3. The van der Waals surface area contributed by atoms with E-state index in [1.165, 1.54) is 7.11 Å². The van der Waals surface area contributed by atoms with Gasteiger partial charge in [-0.15, -0.1) is 0 Å². The van der Waals surface area contributed by atoms with Crippen molar-refractivity contribution in [2.75, 3.05) is 13.7 Å². The highest BCUT2D eigenvalue weighted by Gasteiger charge is 2.41. The molecule has 0 aromatic rings. The van der Waals surface area contributed by atoms with Crippen LogP contribution in [-0.2, 0) is 14.3 Å². The van der Waals surface area contributed by atoms with Crippen molar-refractivity contribution < 1.29 is 14.3 Å². The summed E-state index contributed by atoms with van der Waals surface area (Å²) in [6, 6.07) is 0.262. The first-order valence-corrected chi connectivity index (χ1v) is 7.62. The van der Waals surface area contributed by atoms with Gasteiger partial charge in [-0.05, 0) is 44.4 Å². The molecule has 4 heteroatoms. The predicted octanol–water partition coefficient (Wildman–Crippen LogP) is 2.27. The van der Waals surface area contributed by atoms with Crippen molar-refractivity contribution in [1.82, 2.24) is 5.32 Å². The Morgan fingerprint density at radius 2 is 2.05 bits per heavy atom.